The largest absolute Gasteiger partial charge is 0.444 e. The molecule has 0 saturated carbocycles. The topological polar surface area (TPSA) is 59.4 Å². The predicted molar refractivity (Wildman–Crippen MR) is 111 cm³/mol. The fraction of sp³-hybridized carbons (Fsp3) is 0.364. The third-order valence-electron chi connectivity index (χ3n) is 4.80. The first-order valence-corrected chi connectivity index (χ1v) is 9.67. The summed E-state index contributed by atoms with van der Waals surface area (Å²) < 4.78 is 7.41. The van der Waals surface area contributed by atoms with Gasteiger partial charge in [0.2, 0.25) is 0 Å². The van der Waals surface area contributed by atoms with Crippen molar-refractivity contribution >= 4 is 22.7 Å². The normalized spacial score (nSPS) is 17.1. The molecule has 1 aliphatic heterocycles. The number of para-hydroxylation sites is 1. The molecule has 2 aromatic carbocycles. The maximum Gasteiger partial charge on any atom is 0.410 e. The molecule has 1 aromatic heterocycles. The summed E-state index contributed by atoms with van der Waals surface area (Å²) in [5.74, 6) is 0. The molecule has 1 aliphatic rings. The van der Waals surface area contributed by atoms with E-state index < -0.39 is 5.60 Å². The average molecular weight is 378 g/mol. The van der Waals surface area contributed by atoms with Gasteiger partial charge in [-0.05, 0) is 57.5 Å². The molecule has 28 heavy (non-hydrogen) atoms. The third kappa shape index (κ3) is 3.96. The molecule has 1 fully saturated rings. The number of fused-ring (bicyclic) bond motifs is 1. The molecule has 0 bridgehead atoms. The van der Waals surface area contributed by atoms with Crippen LogP contribution in [0.15, 0.2) is 54.7 Å². The van der Waals surface area contributed by atoms with E-state index in [0.29, 0.717) is 13.1 Å². The lowest BCUT2D eigenvalue weighted by atomic mass is 10.2. The van der Waals surface area contributed by atoms with Crippen molar-refractivity contribution in [1.82, 2.24) is 14.7 Å². The molecule has 4 rings (SSSR count). The van der Waals surface area contributed by atoms with E-state index in [1.165, 1.54) is 0 Å². The second kappa shape index (κ2) is 7.19. The van der Waals surface area contributed by atoms with Gasteiger partial charge in [0.15, 0.2) is 0 Å². The van der Waals surface area contributed by atoms with Crippen molar-refractivity contribution < 1.29 is 9.53 Å². The lowest BCUT2D eigenvalue weighted by Gasteiger charge is -2.24. The maximum atomic E-state index is 12.2. The van der Waals surface area contributed by atoms with Gasteiger partial charge < -0.3 is 15.0 Å². The van der Waals surface area contributed by atoms with Crippen LogP contribution in [0.2, 0.25) is 0 Å². The quantitative estimate of drug-likeness (QED) is 0.732. The number of hydrogen-bond acceptors (Lipinski definition) is 4. The van der Waals surface area contributed by atoms with Crippen molar-refractivity contribution in [2.45, 2.75) is 38.8 Å². The minimum Gasteiger partial charge on any atom is -0.444 e. The Hall–Kier alpha value is -3.02. The Balaban J connectivity index is 1.40. The standard InChI is InChI=1S/C22H26N4O2/c1-22(2,3)28-21(27)25-13-12-18(15-25)24-17-8-10-19(11-9-17)26-20-7-5-4-6-16(20)14-23-26/h4-11,14,18,24H,12-13,15H2,1-3H3/t18-/m1/s1. The summed E-state index contributed by atoms with van der Waals surface area (Å²) >= 11 is 0. The highest BCUT2D eigenvalue weighted by atomic mass is 16.6. The van der Waals surface area contributed by atoms with Gasteiger partial charge in [0.05, 0.1) is 17.4 Å². The fourth-order valence-electron chi connectivity index (χ4n) is 3.48. The monoisotopic (exact) mass is 378 g/mol. The SMILES string of the molecule is CC(C)(C)OC(=O)N1CC[C@@H](Nc2ccc(-n3ncc4ccccc43)cc2)C1. The van der Waals surface area contributed by atoms with E-state index in [2.05, 4.69) is 46.8 Å². The summed E-state index contributed by atoms with van der Waals surface area (Å²) in [5, 5.41) is 9.14. The van der Waals surface area contributed by atoms with Crippen LogP contribution >= 0.6 is 0 Å². The van der Waals surface area contributed by atoms with Gasteiger partial charge in [-0.15, -0.1) is 0 Å². The van der Waals surface area contributed by atoms with Gasteiger partial charge in [0, 0.05) is 30.2 Å². The van der Waals surface area contributed by atoms with Crippen LogP contribution in [0.3, 0.4) is 0 Å². The molecule has 1 atom stereocenters. The maximum absolute atomic E-state index is 12.2. The Morgan fingerprint density at radius 1 is 1.14 bits per heavy atom. The number of ether oxygens (including phenoxy) is 1. The Labute approximate surface area is 165 Å². The summed E-state index contributed by atoms with van der Waals surface area (Å²) in [6, 6.07) is 16.6. The summed E-state index contributed by atoms with van der Waals surface area (Å²) in [7, 11) is 0. The van der Waals surface area contributed by atoms with Crippen LogP contribution < -0.4 is 5.32 Å². The number of carbonyl (C=O) groups excluding carboxylic acids is 1. The highest BCUT2D eigenvalue weighted by molar-refractivity contribution is 5.80. The zero-order chi connectivity index (χ0) is 19.7. The molecule has 0 spiro atoms. The van der Waals surface area contributed by atoms with Gasteiger partial charge in [-0.1, -0.05) is 18.2 Å². The summed E-state index contributed by atoms with van der Waals surface area (Å²) in [6.07, 6.45) is 2.55. The smallest absolute Gasteiger partial charge is 0.410 e. The van der Waals surface area contributed by atoms with Gasteiger partial charge in [-0.25, -0.2) is 9.48 Å². The van der Waals surface area contributed by atoms with Gasteiger partial charge in [0.1, 0.15) is 5.60 Å². The summed E-state index contributed by atoms with van der Waals surface area (Å²) in [6.45, 7) is 7.04. The molecular formula is C22H26N4O2. The molecule has 1 N–H and O–H groups in total. The van der Waals surface area contributed by atoms with Crippen molar-refractivity contribution in [1.29, 1.82) is 0 Å². The highest BCUT2D eigenvalue weighted by Crippen LogP contribution is 2.22. The predicted octanol–water partition coefficient (Wildman–Crippen LogP) is 4.45. The van der Waals surface area contributed by atoms with Gasteiger partial charge in [-0.3, -0.25) is 0 Å². The van der Waals surface area contributed by atoms with Crippen molar-refractivity contribution in [2.75, 3.05) is 18.4 Å². The van der Waals surface area contributed by atoms with Crippen LogP contribution in [0.25, 0.3) is 16.6 Å². The number of aromatic nitrogens is 2. The van der Waals surface area contributed by atoms with Gasteiger partial charge in [0.25, 0.3) is 0 Å². The minimum absolute atomic E-state index is 0.226. The lowest BCUT2D eigenvalue weighted by molar-refractivity contribution is 0.0293. The van der Waals surface area contributed by atoms with Crippen molar-refractivity contribution in [3.05, 3.63) is 54.7 Å². The minimum atomic E-state index is -0.463. The average Bonchev–Trinajstić information content (AvgIpc) is 3.28. The number of anilines is 1. The first kappa shape index (κ1) is 18.3. The van der Waals surface area contributed by atoms with Gasteiger partial charge in [-0.2, -0.15) is 5.10 Å². The van der Waals surface area contributed by atoms with Crippen molar-refractivity contribution in [3.8, 4) is 5.69 Å². The van der Waals surface area contributed by atoms with E-state index in [1.54, 1.807) is 4.90 Å². The van der Waals surface area contributed by atoms with Crippen LogP contribution in [0.5, 0.6) is 0 Å². The Morgan fingerprint density at radius 2 is 1.89 bits per heavy atom. The fourth-order valence-corrected chi connectivity index (χ4v) is 3.48. The number of amides is 1. The van der Waals surface area contributed by atoms with Crippen molar-refractivity contribution in [3.63, 3.8) is 0 Å². The van der Waals surface area contributed by atoms with E-state index in [1.807, 2.05) is 43.8 Å². The lowest BCUT2D eigenvalue weighted by Crippen LogP contribution is -2.36. The molecule has 6 heteroatoms. The molecule has 6 nitrogen and oxygen atoms in total. The second-order valence-electron chi connectivity index (χ2n) is 8.22. The number of rotatable bonds is 3. The Kier molecular flexibility index (Phi) is 4.71. The number of carbonyl (C=O) groups is 1. The van der Waals surface area contributed by atoms with Crippen LogP contribution in [0, 0.1) is 0 Å². The molecular weight excluding hydrogens is 352 g/mol. The van der Waals surface area contributed by atoms with E-state index in [0.717, 1.165) is 28.7 Å². The van der Waals surface area contributed by atoms with Crippen LogP contribution in [-0.4, -0.2) is 45.5 Å². The number of nitrogens with zero attached hydrogens (tertiary/aromatic N) is 3. The Morgan fingerprint density at radius 3 is 2.64 bits per heavy atom. The molecule has 1 amide bonds. The van der Waals surface area contributed by atoms with Crippen LogP contribution in [-0.2, 0) is 4.74 Å². The van der Waals surface area contributed by atoms with E-state index in [4.69, 9.17) is 4.74 Å². The Bertz CT molecular complexity index is 972. The second-order valence-corrected chi connectivity index (χ2v) is 8.22. The summed E-state index contributed by atoms with van der Waals surface area (Å²) in [5.41, 5.74) is 2.69. The van der Waals surface area contributed by atoms with Gasteiger partial charge >= 0.3 is 6.09 Å². The molecule has 0 radical (unpaired) electrons. The zero-order valence-corrected chi connectivity index (χ0v) is 16.6. The molecule has 0 aliphatic carbocycles. The first-order valence-electron chi connectivity index (χ1n) is 9.67. The molecule has 3 aromatic rings. The third-order valence-corrected chi connectivity index (χ3v) is 4.80. The van der Waals surface area contributed by atoms with Crippen LogP contribution in [0.4, 0.5) is 10.5 Å². The van der Waals surface area contributed by atoms with E-state index >= 15 is 0 Å². The molecule has 2 heterocycles. The summed E-state index contributed by atoms with van der Waals surface area (Å²) in [4.78, 5) is 14.0. The molecule has 0 unspecified atom stereocenters. The number of hydrogen-bond donors (Lipinski definition) is 1. The molecule has 146 valence electrons. The zero-order valence-electron chi connectivity index (χ0n) is 16.6. The van der Waals surface area contributed by atoms with E-state index in [-0.39, 0.29) is 12.1 Å². The van der Waals surface area contributed by atoms with Crippen LogP contribution in [0.1, 0.15) is 27.2 Å². The number of nitrogens with one attached hydrogen (secondary N) is 1. The number of benzene rings is 2. The molecule has 1 saturated heterocycles. The highest BCUT2D eigenvalue weighted by Gasteiger charge is 2.29. The van der Waals surface area contributed by atoms with Crippen molar-refractivity contribution in [2.24, 2.45) is 0 Å². The number of likely N-dealkylation sites (tertiary alicyclic amines) is 1. The first-order chi connectivity index (χ1) is 13.4. The van der Waals surface area contributed by atoms with E-state index in [9.17, 15) is 4.79 Å².